The molecule has 0 bridgehead atoms. The number of para-hydroxylation sites is 2. The van der Waals surface area contributed by atoms with Gasteiger partial charge in [-0.2, -0.15) is 15.0 Å². The van der Waals surface area contributed by atoms with Crippen molar-refractivity contribution >= 4 is 22.9 Å². The van der Waals surface area contributed by atoms with Crippen LogP contribution in [0.1, 0.15) is 26.1 Å². The number of hydrogen-bond acceptors (Lipinski definition) is 8. The molecule has 2 aromatic heterocycles. The number of anilines is 2. The third-order valence-corrected chi connectivity index (χ3v) is 5.74. The Balaban J connectivity index is 1.68. The van der Waals surface area contributed by atoms with Crippen LogP contribution in [0.2, 0.25) is 0 Å². The first kappa shape index (κ1) is 21.0. The molecule has 2 aliphatic rings. The Labute approximate surface area is 184 Å². The van der Waals surface area contributed by atoms with Gasteiger partial charge in [-0.05, 0) is 26.0 Å². The molecular formula is C21H25F2N7O2. The first-order valence-corrected chi connectivity index (χ1v) is 10.7. The quantitative estimate of drug-likeness (QED) is 0.606. The van der Waals surface area contributed by atoms with Gasteiger partial charge in [0.2, 0.25) is 17.8 Å². The molecule has 2 aliphatic heterocycles. The van der Waals surface area contributed by atoms with E-state index < -0.39 is 6.43 Å². The molecule has 0 aliphatic carbocycles. The van der Waals surface area contributed by atoms with E-state index in [1.165, 1.54) is 4.57 Å². The predicted octanol–water partition coefficient (Wildman–Crippen LogP) is 2.60. The second-order valence-corrected chi connectivity index (χ2v) is 8.07. The smallest absolute Gasteiger partial charge is 0.296 e. The van der Waals surface area contributed by atoms with Gasteiger partial charge in [0, 0.05) is 19.6 Å². The van der Waals surface area contributed by atoms with Crippen LogP contribution >= 0.6 is 0 Å². The fraction of sp³-hybridized carbons (Fsp3) is 0.524. The summed E-state index contributed by atoms with van der Waals surface area (Å²) in [5.41, 5.74) is 0.988. The molecule has 2 saturated heterocycles. The molecule has 3 aromatic rings. The molecule has 170 valence electrons. The standard InChI is InChI=1S/C21H25F2N7O2/c1-13-12-32-14(2)11-29(13)20-25-19(28-7-9-31-10-8-28)26-21(27-20)30-16-6-4-3-5-15(16)24-18(30)17(22)23/h3-6,13-14,17H,7-12H2,1-2H3/t13-,14+/m1/s1. The molecule has 0 unspecified atom stereocenters. The molecule has 1 aromatic carbocycles. The molecule has 11 heteroatoms. The van der Waals surface area contributed by atoms with Gasteiger partial charge in [0.25, 0.3) is 6.43 Å². The Morgan fingerprint density at radius 1 is 0.969 bits per heavy atom. The minimum atomic E-state index is -2.78. The summed E-state index contributed by atoms with van der Waals surface area (Å²) in [4.78, 5) is 22.2. The molecule has 2 fully saturated rings. The van der Waals surface area contributed by atoms with Crippen molar-refractivity contribution in [2.24, 2.45) is 0 Å². The van der Waals surface area contributed by atoms with Crippen LogP contribution in [0.4, 0.5) is 20.7 Å². The zero-order valence-electron chi connectivity index (χ0n) is 18.0. The SMILES string of the molecule is C[C@@H]1CO[C@@H](C)CN1c1nc(N2CCOCC2)nc(-n2c(C(F)F)nc3ccccc32)n1. The van der Waals surface area contributed by atoms with E-state index in [0.717, 1.165) is 0 Å². The lowest BCUT2D eigenvalue weighted by Crippen LogP contribution is -2.48. The number of nitrogens with zero attached hydrogens (tertiary/aromatic N) is 7. The van der Waals surface area contributed by atoms with Crippen LogP contribution in [0.3, 0.4) is 0 Å². The Bertz CT molecular complexity index is 1100. The summed E-state index contributed by atoms with van der Waals surface area (Å²) in [5, 5.41) is 0. The van der Waals surface area contributed by atoms with E-state index in [-0.39, 0.29) is 23.9 Å². The first-order chi connectivity index (χ1) is 15.5. The highest BCUT2D eigenvalue weighted by Gasteiger charge is 2.29. The molecule has 0 amide bonds. The molecule has 32 heavy (non-hydrogen) atoms. The molecule has 0 N–H and O–H groups in total. The largest absolute Gasteiger partial charge is 0.378 e. The zero-order valence-corrected chi connectivity index (χ0v) is 18.0. The summed E-state index contributed by atoms with van der Waals surface area (Å²) < 4.78 is 40.5. The van der Waals surface area contributed by atoms with Crippen LogP contribution in [0, 0.1) is 0 Å². The van der Waals surface area contributed by atoms with Crippen molar-refractivity contribution < 1.29 is 18.3 Å². The lowest BCUT2D eigenvalue weighted by molar-refractivity contribution is 0.0336. The molecule has 0 spiro atoms. The van der Waals surface area contributed by atoms with Gasteiger partial charge < -0.3 is 19.3 Å². The molecule has 0 radical (unpaired) electrons. The van der Waals surface area contributed by atoms with Crippen LogP contribution in [0.25, 0.3) is 17.0 Å². The van der Waals surface area contributed by atoms with E-state index in [1.54, 1.807) is 24.3 Å². The Hall–Kier alpha value is -2.92. The lowest BCUT2D eigenvalue weighted by Gasteiger charge is -2.37. The molecule has 5 rings (SSSR count). The Kier molecular flexibility index (Phi) is 5.60. The van der Waals surface area contributed by atoms with Crippen LogP contribution in [0.5, 0.6) is 0 Å². The molecule has 0 saturated carbocycles. The Morgan fingerprint density at radius 2 is 1.69 bits per heavy atom. The molecule has 2 atom stereocenters. The molecule has 4 heterocycles. The first-order valence-electron chi connectivity index (χ1n) is 10.7. The van der Waals surface area contributed by atoms with Crippen molar-refractivity contribution in [1.29, 1.82) is 0 Å². The van der Waals surface area contributed by atoms with E-state index in [1.807, 2.05) is 23.6 Å². The van der Waals surface area contributed by atoms with Crippen LogP contribution in [0.15, 0.2) is 24.3 Å². The van der Waals surface area contributed by atoms with Crippen molar-refractivity contribution in [3.05, 3.63) is 30.1 Å². The fourth-order valence-electron chi connectivity index (χ4n) is 4.06. The summed E-state index contributed by atoms with van der Waals surface area (Å²) >= 11 is 0. The lowest BCUT2D eigenvalue weighted by atomic mass is 10.2. The van der Waals surface area contributed by atoms with Gasteiger partial charge in [-0.15, -0.1) is 0 Å². The summed E-state index contributed by atoms with van der Waals surface area (Å²) in [6.07, 6.45) is -2.78. The average molecular weight is 445 g/mol. The van der Waals surface area contributed by atoms with Crippen molar-refractivity contribution in [2.45, 2.75) is 32.4 Å². The normalized spacial score (nSPS) is 22.2. The summed E-state index contributed by atoms with van der Waals surface area (Å²) in [5.74, 6) is 0.626. The highest BCUT2D eigenvalue weighted by Crippen LogP contribution is 2.29. The van der Waals surface area contributed by atoms with Gasteiger partial charge in [0.05, 0.1) is 43.0 Å². The summed E-state index contributed by atoms with van der Waals surface area (Å²) in [6.45, 7) is 7.48. The van der Waals surface area contributed by atoms with E-state index in [0.29, 0.717) is 62.4 Å². The zero-order chi connectivity index (χ0) is 22.2. The van der Waals surface area contributed by atoms with Gasteiger partial charge >= 0.3 is 0 Å². The van der Waals surface area contributed by atoms with Crippen LogP contribution < -0.4 is 9.80 Å². The van der Waals surface area contributed by atoms with Crippen LogP contribution in [-0.2, 0) is 9.47 Å². The third-order valence-electron chi connectivity index (χ3n) is 5.74. The van der Waals surface area contributed by atoms with Gasteiger partial charge in [0.15, 0.2) is 5.82 Å². The predicted molar refractivity (Wildman–Crippen MR) is 115 cm³/mol. The Morgan fingerprint density at radius 3 is 2.47 bits per heavy atom. The molecule has 9 nitrogen and oxygen atoms in total. The topological polar surface area (TPSA) is 81.4 Å². The van der Waals surface area contributed by atoms with Crippen molar-refractivity contribution in [2.75, 3.05) is 49.3 Å². The highest BCUT2D eigenvalue weighted by atomic mass is 19.3. The number of morpholine rings is 2. The van der Waals surface area contributed by atoms with E-state index in [9.17, 15) is 8.78 Å². The summed E-state index contributed by atoms with van der Waals surface area (Å²) in [6, 6.07) is 7.03. The van der Waals surface area contributed by atoms with Crippen LogP contribution in [-0.4, -0.2) is 76.1 Å². The number of alkyl halides is 2. The summed E-state index contributed by atoms with van der Waals surface area (Å²) in [7, 11) is 0. The maximum atomic E-state index is 14.0. The fourth-order valence-corrected chi connectivity index (χ4v) is 4.06. The number of halogens is 2. The maximum absolute atomic E-state index is 14.0. The second kappa shape index (κ2) is 8.55. The average Bonchev–Trinajstić information content (AvgIpc) is 3.21. The second-order valence-electron chi connectivity index (χ2n) is 8.07. The number of rotatable bonds is 4. The number of imidazole rings is 1. The van der Waals surface area contributed by atoms with Gasteiger partial charge in [0.1, 0.15) is 0 Å². The number of benzene rings is 1. The highest BCUT2D eigenvalue weighted by molar-refractivity contribution is 5.77. The van der Waals surface area contributed by atoms with Crippen molar-refractivity contribution in [3.63, 3.8) is 0 Å². The van der Waals surface area contributed by atoms with Gasteiger partial charge in [-0.25, -0.2) is 13.8 Å². The molecular weight excluding hydrogens is 420 g/mol. The number of fused-ring (bicyclic) bond motifs is 1. The minimum absolute atomic E-state index is 0.00366. The number of ether oxygens (including phenoxy) is 2. The van der Waals surface area contributed by atoms with E-state index in [2.05, 4.69) is 15.0 Å². The van der Waals surface area contributed by atoms with Gasteiger partial charge in [-0.1, -0.05) is 12.1 Å². The monoisotopic (exact) mass is 445 g/mol. The van der Waals surface area contributed by atoms with E-state index >= 15 is 0 Å². The minimum Gasteiger partial charge on any atom is -0.378 e. The van der Waals surface area contributed by atoms with E-state index in [4.69, 9.17) is 14.5 Å². The van der Waals surface area contributed by atoms with Crippen molar-refractivity contribution in [1.82, 2.24) is 24.5 Å². The van der Waals surface area contributed by atoms with Crippen molar-refractivity contribution in [3.8, 4) is 5.95 Å². The third kappa shape index (κ3) is 3.86. The number of hydrogen-bond donors (Lipinski definition) is 0. The van der Waals surface area contributed by atoms with Gasteiger partial charge in [-0.3, -0.25) is 4.57 Å². The maximum Gasteiger partial charge on any atom is 0.296 e. The number of aromatic nitrogens is 5.